The molecule has 0 amide bonds. The SMILES string of the molecule is CN1CCCC1COc1nc(NCCN)c2cc(Cl)c(-c3cccc4nc(N)n(C)c34)c(F)c2n1. The number of para-hydroxylation sites is 1. The van der Waals surface area contributed by atoms with E-state index < -0.39 is 5.82 Å². The number of nitrogens with two attached hydrogens (primary N) is 2. The molecule has 4 aromatic rings. The zero-order chi connectivity index (χ0) is 24.7. The normalized spacial score (nSPS) is 16.4. The highest BCUT2D eigenvalue weighted by molar-refractivity contribution is 6.34. The molecule has 3 heterocycles. The number of rotatable bonds is 7. The van der Waals surface area contributed by atoms with Crippen molar-refractivity contribution in [3.63, 3.8) is 0 Å². The zero-order valence-corrected chi connectivity index (χ0v) is 20.4. The fourth-order valence-electron chi connectivity index (χ4n) is 4.66. The molecule has 2 aromatic heterocycles. The lowest BCUT2D eigenvalue weighted by atomic mass is 10.0. The van der Waals surface area contributed by atoms with E-state index in [1.807, 2.05) is 6.07 Å². The molecule has 0 radical (unpaired) electrons. The summed E-state index contributed by atoms with van der Waals surface area (Å²) in [4.78, 5) is 15.6. The number of nitrogens with zero attached hydrogens (tertiary/aromatic N) is 5. The maximum Gasteiger partial charge on any atom is 0.319 e. The van der Waals surface area contributed by atoms with Gasteiger partial charge in [0.15, 0.2) is 5.82 Å². The van der Waals surface area contributed by atoms with Gasteiger partial charge in [0, 0.05) is 42.7 Å². The van der Waals surface area contributed by atoms with Crippen LogP contribution in [0, 0.1) is 5.82 Å². The van der Waals surface area contributed by atoms with Gasteiger partial charge in [0.25, 0.3) is 0 Å². The molecule has 1 fully saturated rings. The van der Waals surface area contributed by atoms with E-state index in [1.165, 1.54) is 0 Å². The maximum atomic E-state index is 16.2. The molecule has 35 heavy (non-hydrogen) atoms. The second-order valence-electron chi connectivity index (χ2n) is 8.80. The summed E-state index contributed by atoms with van der Waals surface area (Å²) in [5.74, 6) is 0.180. The number of likely N-dealkylation sites (tertiary alicyclic amines) is 1. The summed E-state index contributed by atoms with van der Waals surface area (Å²) < 4.78 is 23.9. The molecule has 9 nitrogen and oxygen atoms in total. The standard InChI is InChI=1S/C24H28ClFN8O/c1-33-10-4-5-13(33)12-35-24-31-20-15(22(32-24)29-9-8-27)11-16(25)18(19(20)26)14-6-3-7-17-21(14)34(2)23(28)30-17/h3,6-7,11,13H,4-5,8-10,12,27H2,1-2H3,(H2,28,30)(H,29,31,32). The van der Waals surface area contributed by atoms with Crippen molar-refractivity contribution >= 4 is 45.3 Å². The number of fused-ring (bicyclic) bond motifs is 2. The third kappa shape index (κ3) is 4.22. The third-order valence-electron chi connectivity index (χ3n) is 6.57. The number of benzene rings is 2. The van der Waals surface area contributed by atoms with Crippen molar-refractivity contribution in [3.05, 3.63) is 35.1 Å². The van der Waals surface area contributed by atoms with Crippen molar-refractivity contribution < 1.29 is 9.13 Å². The minimum atomic E-state index is -0.569. The molecule has 1 saturated heterocycles. The summed E-state index contributed by atoms with van der Waals surface area (Å²) in [5.41, 5.74) is 13.9. The van der Waals surface area contributed by atoms with Crippen molar-refractivity contribution in [2.45, 2.75) is 18.9 Å². The Hall–Kier alpha value is -3.21. The molecule has 184 valence electrons. The number of hydrogen-bond donors (Lipinski definition) is 3. The third-order valence-corrected chi connectivity index (χ3v) is 6.87. The second-order valence-corrected chi connectivity index (χ2v) is 9.21. The fraction of sp³-hybridized carbons (Fsp3) is 0.375. The summed E-state index contributed by atoms with van der Waals surface area (Å²) in [6, 6.07) is 7.46. The first-order valence-electron chi connectivity index (χ1n) is 11.6. The van der Waals surface area contributed by atoms with Crippen molar-refractivity contribution in [1.82, 2.24) is 24.4 Å². The molecule has 5 rings (SSSR count). The summed E-state index contributed by atoms with van der Waals surface area (Å²) in [6.07, 6.45) is 2.15. The van der Waals surface area contributed by atoms with Crippen LogP contribution in [0.1, 0.15) is 12.8 Å². The molecule has 0 spiro atoms. The number of anilines is 2. The Balaban J connectivity index is 1.66. The van der Waals surface area contributed by atoms with Crippen LogP contribution in [0.3, 0.4) is 0 Å². The van der Waals surface area contributed by atoms with E-state index in [4.69, 9.17) is 27.8 Å². The molecule has 1 unspecified atom stereocenters. The maximum absolute atomic E-state index is 16.2. The first-order valence-corrected chi connectivity index (χ1v) is 11.9. The van der Waals surface area contributed by atoms with Crippen LogP contribution in [-0.4, -0.2) is 63.7 Å². The van der Waals surface area contributed by atoms with Crippen molar-refractivity contribution in [2.75, 3.05) is 44.3 Å². The monoisotopic (exact) mass is 498 g/mol. The number of ether oxygens (including phenoxy) is 1. The topological polar surface area (TPSA) is 120 Å². The molecule has 0 saturated carbocycles. The van der Waals surface area contributed by atoms with Gasteiger partial charge in [0.05, 0.1) is 16.1 Å². The number of nitrogens with one attached hydrogen (secondary N) is 1. The predicted molar refractivity (Wildman–Crippen MR) is 137 cm³/mol. The average molecular weight is 499 g/mol. The van der Waals surface area contributed by atoms with Crippen molar-refractivity contribution in [1.29, 1.82) is 0 Å². The molecule has 5 N–H and O–H groups in total. The number of imidazole rings is 1. The second kappa shape index (κ2) is 9.44. The lowest BCUT2D eigenvalue weighted by Crippen LogP contribution is -2.31. The van der Waals surface area contributed by atoms with Crippen LogP contribution >= 0.6 is 11.6 Å². The Morgan fingerprint density at radius 2 is 2.09 bits per heavy atom. The lowest BCUT2D eigenvalue weighted by molar-refractivity contribution is 0.188. The van der Waals surface area contributed by atoms with E-state index in [0.717, 1.165) is 19.4 Å². The first kappa shape index (κ1) is 23.5. The molecule has 1 atom stereocenters. The van der Waals surface area contributed by atoms with Gasteiger partial charge in [-0.2, -0.15) is 9.97 Å². The number of hydrogen-bond acceptors (Lipinski definition) is 8. The highest BCUT2D eigenvalue weighted by Gasteiger charge is 2.24. The molecular formula is C24H28ClFN8O. The van der Waals surface area contributed by atoms with Gasteiger partial charge in [0.2, 0.25) is 5.95 Å². The Morgan fingerprint density at radius 1 is 1.26 bits per heavy atom. The highest BCUT2D eigenvalue weighted by Crippen LogP contribution is 2.40. The van der Waals surface area contributed by atoms with Gasteiger partial charge in [-0.3, -0.25) is 0 Å². The average Bonchev–Trinajstić information content (AvgIpc) is 3.38. The van der Waals surface area contributed by atoms with Gasteiger partial charge in [-0.1, -0.05) is 23.7 Å². The van der Waals surface area contributed by atoms with Gasteiger partial charge >= 0.3 is 6.01 Å². The Kier molecular flexibility index (Phi) is 6.35. The molecule has 2 aromatic carbocycles. The molecule has 0 bridgehead atoms. The van der Waals surface area contributed by atoms with E-state index in [0.29, 0.717) is 53.4 Å². The number of likely N-dealkylation sites (N-methyl/N-ethyl adjacent to an activating group) is 1. The van der Waals surface area contributed by atoms with E-state index in [1.54, 1.807) is 29.8 Å². The van der Waals surface area contributed by atoms with Gasteiger partial charge in [-0.05, 0) is 38.6 Å². The molecule has 1 aliphatic heterocycles. The number of aryl methyl sites for hydroxylation is 1. The summed E-state index contributed by atoms with van der Waals surface area (Å²) in [6.45, 7) is 2.28. The lowest BCUT2D eigenvalue weighted by Gasteiger charge is -2.19. The van der Waals surface area contributed by atoms with Crippen LogP contribution in [0.25, 0.3) is 33.1 Å². The van der Waals surface area contributed by atoms with Crippen LogP contribution in [0.4, 0.5) is 16.2 Å². The molecule has 1 aliphatic rings. The fourth-order valence-corrected chi connectivity index (χ4v) is 4.96. The smallest absolute Gasteiger partial charge is 0.319 e. The summed E-state index contributed by atoms with van der Waals surface area (Å²) in [5, 5.41) is 3.82. The van der Waals surface area contributed by atoms with Crippen molar-refractivity contribution in [3.8, 4) is 17.1 Å². The van der Waals surface area contributed by atoms with E-state index in [9.17, 15) is 0 Å². The Labute approximate surface area is 207 Å². The van der Waals surface area contributed by atoms with E-state index >= 15 is 4.39 Å². The minimum absolute atomic E-state index is 0.104. The zero-order valence-electron chi connectivity index (χ0n) is 19.7. The quantitative estimate of drug-likeness (QED) is 0.354. The van der Waals surface area contributed by atoms with Crippen LogP contribution in [0.5, 0.6) is 6.01 Å². The summed E-state index contributed by atoms with van der Waals surface area (Å²) >= 11 is 6.67. The first-order chi connectivity index (χ1) is 16.9. The van der Waals surface area contributed by atoms with Crippen molar-refractivity contribution in [2.24, 2.45) is 12.8 Å². The number of halogens is 2. The van der Waals surface area contributed by atoms with Crippen LogP contribution in [0.15, 0.2) is 24.3 Å². The number of nitrogen functional groups attached to an aromatic ring is 1. The van der Waals surface area contributed by atoms with Gasteiger partial charge < -0.3 is 31.0 Å². The van der Waals surface area contributed by atoms with E-state index in [2.05, 4.69) is 32.2 Å². The largest absolute Gasteiger partial charge is 0.462 e. The van der Waals surface area contributed by atoms with Gasteiger partial charge in [-0.25, -0.2) is 9.37 Å². The van der Waals surface area contributed by atoms with Crippen LogP contribution in [0.2, 0.25) is 5.02 Å². The predicted octanol–water partition coefficient (Wildman–Crippen LogP) is 3.40. The summed E-state index contributed by atoms with van der Waals surface area (Å²) in [7, 11) is 3.85. The Morgan fingerprint density at radius 3 is 2.83 bits per heavy atom. The minimum Gasteiger partial charge on any atom is -0.462 e. The van der Waals surface area contributed by atoms with Crippen LogP contribution < -0.4 is 21.5 Å². The van der Waals surface area contributed by atoms with Gasteiger partial charge in [0.1, 0.15) is 17.9 Å². The molecular weight excluding hydrogens is 471 g/mol. The van der Waals surface area contributed by atoms with Gasteiger partial charge in [-0.15, -0.1) is 0 Å². The Bertz CT molecular complexity index is 1410. The van der Waals surface area contributed by atoms with E-state index in [-0.39, 0.29) is 28.2 Å². The van der Waals surface area contributed by atoms with Crippen LogP contribution in [-0.2, 0) is 7.05 Å². The number of aromatic nitrogens is 4. The molecule has 0 aliphatic carbocycles. The molecule has 11 heteroatoms. The highest BCUT2D eigenvalue weighted by atomic mass is 35.5.